The Morgan fingerprint density at radius 2 is 1.00 bits per heavy atom. The average Bonchev–Trinajstić information content (AvgIpc) is 2.06. The quantitative estimate of drug-likeness (QED) is 0.634. The first-order valence-corrected chi connectivity index (χ1v) is 4.25. The van der Waals surface area contributed by atoms with Crippen LogP contribution in [0.4, 0.5) is 0 Å². The predicted molar refractivity (Wildman–Crippen MR) is 50.5 cm³/mol. The molecule has 0 unspecified atom stereocenters. The topological polar surface area (TPSA) is 0 Å². The second-order valence-corrected chi connectivity index (χ2v) is 4.12. The number of rotatable bonds is 0. The molecule has 0 nitrogen and oxygen atoms in total. The molecule has 0 fully saturated rings. The molecule has 0 aromatic heterocycles. The maximum Gasteiger partial charge on any atom is 0.00701 e. The Kier molecular flexibility index (Phi) is 3.55. The van der Waals surface area contributed by atoms with Gasteiger partial charge in [0.25, 0.3) is 0 Å². The molecule has 0 spiro atoms. The third-order valence-corrected chi connectivity index (χ3v) is 3.56. The second kappa shape index (κ2) is 3.50. The molecule has 1 aliphatic carbocycles. The van der Waals surface area contributed by atoms with Crippen molar-refractivity contribution < 1.29 is 21.1 Å². The molecule has 0 aromatic carbocycles. The fourth-order valence-electron chi connectivity index (χ4n) is 1.78. The summed E-state index contributed by atoms with van der Waals surface area (Å²) in [5.41, 5.74) is 6.37. The normalized spacial score (nSPS) is 21.5. The second-order valence-electron chi connectivity index (χ2n) is 4.12. The molecule has 0 aliphatic heterocycles. The fourth-order valence-corrected chi connectivity index (χ4v) is 1.78. The maximum absolute atomic E-state index is 2.30. The summed E-state index contributed by atoms with van der Waals surface area (Å²) in [6.45, 7) is 13.5. The van der Waals surface area contributed by atoms with Crippen molar-refractivity contribution in [1.29, 1.82) is 0 Å². The molecular weight excluding hydrogens is 316 g/mol. The Bertz CT molecular complexity index is 228. The summed E-state index contributed by atoms with van der Waals surface area (Å²) in [6, 6.07) is 0. The molecule has 12 heavy (non-hydrogen) atoms. The predicted octanol–water partition coefficient (Wildman–Crippen LogP) is 3.70. The summed E-state index contributed by atoms with van der Waals surface area (Å²) < 4.78 is 0. The van der Waals surface area contributed by atoms with E-state index in [1.54, 1.807) is 0 Å². The zero-order valence-electron chi connectivity index (χ0n) is 8.91. The summed E-state index contributed by atoms with van der Waals surface area (Å²) in [6.07, 6.45) is 0. The molecule has 0 saturated carbocycles. The summed E-state index contributed by atoms with van der Waals surface area (Å²) in [5, 5.41) is 0. The molecule has 1 aliphatic rings. The van der Waals surface area contributed by atoms with Crippen molar-refractivity contribution in [2.75, 3.05) is 0 Å². The van der Waals surface area contributed by atoms with E-state index >= 15 is 0 Å². The van der Waals surface area contributed by atoms with Crippen LogP contribution in [0.2, 0.25) is 0 Å². The number of hydrogen-bond donors (Lipinski definition) is 0. The van der Waals surface area contributed by atoms with Gasteiger partial charge in [0, 0.05) is 26.5 Å². The van der Waals surface area contributed by atoms with Gasteiger partial charge in [-0.3, -0.25) is 0 Å². The molecule has 0 heterocycles. The average molecular weight is 334 g/mol. The van der Waals surface area contributed by atoms with E-state index in [1.807, 2.05) is 0 Å². The molecule has 1 rings (SSSR count). The first-order valence-electron chi connectivity index (χ1n) is 4.25. The fraction of sp³-hybridized carbons (Fsp3) is 0.636. The van der Waals surface area contributed by atoms with Crippen LogP contribution in [0.5, 0.6) is 0 Å². The van der Waals surface area contributed by atoms with Crippen LogP contribution in [-0.2, 0) is 21.1 Å². The van der Waals surface area contributed by atoms with E-state index in [0.29, 0.717) is 5.41 Å². The SMILES string of the molecule is CC1=C(C)C(C)(C)C(C)=C1C.[W]. The third-order valence-electron chi connectivity index (χ3n) is 3.56. The first-order chi connectivity index (χ1) is 4.89. The van der Waals surface area contributed by atoms with E-state index in [9.17, 15) is 0 Å². The van der Waals surface area contributed by atoms with Gasteiger partial charge in [-0.2, -0.15) is 0 Å². The van der Waals surface area contributed by atoms with Crippen LogP contribution < -0.4 is 0 Å². The van der Waals surface area contributed by atoms with Crippen molar-refractivity contribution in [3.8, 4) is 0 Å². The van der Waals surface area contributed by atoms with Crippen molar-refractivity contribution in [3.63, 3.8) is 0 Å². The van der Waals surface area contributed by atoms with Gasteiger partial charge in [0.05, 0.1) is 0 Å². The summed E-state index contributed by atoms with van der Waals surface area (Å²) >= 11 is 0. The molecule has 1 heteroatoms. The Labute approximate surface area is 90.4 Å². The van der Waals surface area contributed by atoms with Gasteiger partial charge in [-0.25, -0.2) is 0 Å². The summed E-state index contributed by atoms with van der Waals surface area (Å²) in [4.78, 5) is 0. The van der Waals surface area contributed by atoms with Gasteiger partial charge in [-0.1, -0.05) is 25.0 Å². The van der Waals surface area contributed by atoms with E-state index in [4.69, 9.17) is 0 Å². The van der Waals surface area contributed by atoms with Crippen molar-refractivity contribution in [2.45, 2.75) is 41.5 Å². The summed E-state index contributed by atoms with van der Waals surface area (Å²) in [7, 11) is 0. The van der Waals surface area contributed by atoms with Gasteiger partial charge in [0.15, 0.2) is 0 Å². The van der Waals surface area contributed by atoms with Crippen molar-refractivity contribution in [3.05, 3.63) is 22.3 Å². The molecule has 0 atom stereocenters. The van der Waals surface area contributed by atoms with Crippen LogP contribution in [-0.4, -0.2) is 0 Å². The molecule has 0 N–H and O–H groups in total. The minimum absolute atomic E-state index is 0. The first kappa shape index (κ1) is 12.2. The van der Waals surface area contributed by atoms with Gasteiger partial charge in [-0.05, 0) is 38.8 Å². The molecule has 0 saturated heterocycles. The third kappa shape index (κ3) is 1.46. The number of allylic oxidation sites excluding steroid dienone is 4. The zero-order valence-corrected chi connectivity index (χ0v) is 11.8. The monoisotopic (exact) mass is 334 g/mol. The minimum Gasteiger partial charge on any atom is -0.0604 e. The van der Waals surface area contributed by atoms with E-state index in [2.05, 4.69) is 41.5 Å². The van der Waals surface area contributed by atoms with Gasteiger partial charge in [-0.15, -0.1) is 0 Å². The summed E-state index contributed by atoms with van der Waals surface area (Å²) in [5.74, 6) is 0. The van der Waals surface area contributed by atoms with Crippen molar-refractivity contribution >= 4 is 0 Å². The standard InChI is InChI=1S/C11H18.W/c1-7-8(2)10(4)11(5,6)9(7)3;/h1-6H3;. The van der Waals surface area contributed by atoms with Crippen LogP contribution >= 0.6 is 0 Å². The van der Waals surface area contributed by atoms with E-state index in [-0.39, 0.29) is 21.1 Å². The molecule has 0 bridgehead atoms. The molecule has 0 aromatic rings. The Morgan fingerprint density at radius 1 is 0.750 bits per heavy atom. The Hall–Kier alpha value is 0.168. The van der Waals surface area contributed by atoms with Gasteiger partial charge >= 0.3 is 0 Å². The van der Waals surface area contributed by atoms with Crippen LogP contribution in [0.1, 0.15) is 41.5 Å². The maximum atomic E-state index is 2.30. The number of hydrogen-bond acceptors (Lipinski definition) is 0. The largest absolute Gasteiger partial charge is 0.0604 e. The van der Waals surface area contributed by atoms with Crippen LogP contribution in [0.15, 0.2) is 22.3 Å². The van der Waals surface area contributed by atoms with Gasteiger partial charge < -0.3 is 0 Å². The van der Waals surface area contributed by atoms with Crippen molar-refractivity contribution in [1.82, 2.24) is 0 Å². The van der Waals surface area contributed by atoms with E-state index in [0.717, 1.165) is 0 Å². The van der Waals surface area contributed by atoms with Gasteiger partial charge in [0.2, 0.25) is 0 Å². The van der Waals surface area contributed by atoms with E-state index < -0.39 is 0 Å². The van der Waals surface area contributed by atoms with Crippen LogP contribution in [0, 0.1) is 5.41 Å². The zero-order chi connectivity index (χ0) is 8.81. The smallest absolute Gasteiger partial charge is 0.00701 e. The van der Waals surface area contributed by atoms with Crippen molar-refractivity contribution in [2.24, 2.45) is 5.41 Å². The minimum atomic E-state index is 0. The Morgan fingerprint density at radius 3 is 1.08 bits per heavy atom. The van der Waals surface area contributed by atoms with Crippen LogP contribution in [0.3, 0.4) is 0 Å². The molecule has 68 valence electrons. The molecule has 0 amide bonds. The van der Waals surface area contributed by atoms with E-state index in [1.165, 1.54) is 22.3 Å². The Balaban J connectivity index is 0.00000121. The van der Waals surface area contributed by atoms with Gasteiger partial charge in [0.1, 0.15) is 0 Å². The van der Waals surface area contributed by atoms with Crippen LogP contribution in [0.25, 0.3) is 0 Å². The molecule has 0 radical (unpaired) electrons. The molecular formula is C11H18W.